The first-order valence-electron chi connectivity index (χ1n) is 6.96. The summed E-state index contributed by atoms with van der Waals surface area (Å²) in [4.78, 5) is 17.8. The molecule has 0 unspecified atom stereocenters. The van der Waals surface area contributed by atoms with E-state index in [-0.39, 0.29) is 18.2 Å². The van der Waals surface area contributed by atoms with Crippen LogP contribution in [0.1, 0.15) is 23.5 Å². The summed E-state index contributed by atoms with van der Waals surface area (Å²) in [6.07, 6.45) is 3.52. The van der Waals surface area contributed by atoms with Gasteiger partial charge in [0.25, 0.3) is 0 Å². The fraction of sp³-hybridized carbons (Fsp3) is 0.250. The van der Waals surface area contributed by atoms with Gasteiger partial charge in [-0.25, -0.2) is 13.2 Å². The van der Waals surface area contributed by atoms with Gasteiger partial charge in [0.15, 0.2) is 17.5 Å². The van der Waals surface area contributed by atoms with E-state index in [1.54, 1.807) is 17.3 Å². The van der Waals surface area contributed by atoms with Gasteiger partial charge in [0.05, 0.1) is 0 Å². The van der Waals surface area contributed by atoms with Crippen LogP contribution in [0, 0.1) is 21.0 Å². The van der Waals surface area contributed by atoms with Crippen LogP contribution in [-0.2, 0) is 11.3 Å². The van der Waals surface area contributed by atoms with Crippen molar-refractivity contribution >= 4 is 28.5 Å². The van der Waals surface area contributed by atoms with E-state index in [0.717, 1.165) is 21.3 Å². The molecule has 1 amide bonds. The minimum atomic E-state index is -1.48. The van der Waals surface area contributed by atoms with Gasteiger partial charge in [-0.15, -0.1) is 0 Å². The van der Waals surface area contributed by atoms with Crippen LogP contribution in [0.25, 0.3) is 0 Å². The molecule has 1 aromatic carbocycles. The molecule has 2 aromatic rings. The SMILES string of the molecule is O=C1C[C@H](c2cc(F)c(F)c(F)c2)CN1Cc1ccncc1I. The molecule has 3 rings (SSSR count). The molecule has 7 heteroatoms. The van der Waals surface area contributed by atoms with E-state index in [1.165, 1.54) is 0 Å². The molecule has 0 aliphatic carbocycles. The van der Waals surface area contributed by atoms with Crippen molar-refractivity contribution in [3.05, 3.63) is 62.7 Å². The van der Waals surface area contributed by atoms with E-state index in [1.807, 2.05) is 6.07 Å². The molecule has 23 heavy (non-hydrogen) atoms. The molecule has 0 spiro atoms. The smallest absolute Gasteiger partial charge is 0.223 e. The van der Waals surface area contributed by atoms with Crippen LogP contribution >= 0.6 is 22.6 Å². The van der Waals surface area contributed by atoms with Crippen molar-refractivity contribution in [2.45, 2.75) is 18.9 Å². The molecule has 2 heterocycles. The Balaban J connectivity index is 1.79. The zero-order valence-electron chi connectivity index (χ0n) is 11.9. The maximum absolute atomic E-state index is 13.4. The van der Waals surface area contributed by atoms with Crippen LogP contribution in [0.4, 0.5) is 13.2 Å². The number of pyridine rings is 1. The molecular formula is C16H12F3IN2O. The van der Waals surface area contributed by atoms with Crippen molar-refractivity contribution < 1.29 is 18.0 Å². The van der Waals surface area contributed by atoms with Gasteiger partial charge in [0.1, 0.15) is 0 Å². The minimum Gasteiger partial charge on any atom is -0.338 e. The molecule has 120 valence electrons. The van der Waals surface area contributed by atoms with Gasteiger partial charge in [-0.1, -0.05) is 0 Å². The predicted molar refractivity (Wildman–Crippen MR) is 86.0 cm³/mol. The third-order valence-electron chi connectivity index (χ3n) is 3.91. The zero-order chi connectivity index (χ0) is 16.6. The molecule has 1 atom stereocenters. The van der Waals surface area contributed by atoms with Crippen LogP contribution in [0.5, 0.6) is 0 Å². The van der Waals surface area contributed by atoms with E-state index < -0.39 is 17.5 Å². The number of hydrogen-bond donors (Lipinski definition) is 0. The highest BCUT2D eigenvalue weighted by Crippen LogP contribution is 2.31. The lowest BCUT2D eigenvalue weighted by molar-refractivity contribution is -0.128. The van der Waals surface area contributed by atoms with Crippen molar-refractivity contribution in [1.82, 2.24) is 9.88 Å². The van der Waals surface area contributed by atoms with Crippen LogP contribution in [0.2, 0.25) is 0 Å². The van der Waals surface area contributed by atoms with Crippen molar-refractivity contribution in [3.63, 3.8) is 0 Å². The Kier molecular flexibility index (Phi) is 4.56. The van der Waals surface area contributed by atoms with Gasteiger partial charge in [0, 0.05) is 41.4 Å². The average molecular weight is 432 g/mol. The quantitative estimate of drug-likeness (QED) is 0.549. The molecule has 1 fully saturated rings. The van der Waals surface area contributed by atoms with Crippen molar-refractivity contribution in [1.29, 1.82) is 0 Å². The molecule has 0 bridgehead atoms. The first-order valence-corrected chi connectivity index (χ1v) is 8.04. The van der Waals surface area contributed by atoms with Crippen LogP contribution < -0.4 is 0 Å². The lowest BCUT2D eigenvalue weighted by Gasteiger charge is -2.17. The number of aromatic nitrogens is 1. The van der Waals surface area contributed by atoms with Crippen LogP contribution in [0.3, 0.4) is 0 Å². The average Bonchev–Trinajstić information content (AvgIpc) is 2.88. The summed E-state index contributed by atoms with van der Waals surface area (Å²) in [5.41, 5.74) is 1.27. The van der Waals surface area contributed by atoms with Crippen LogP contribution in [-0.4, -0.2) is 22.3 Å². The normalized spacial score (nSPS) is 17.8. The van der Waals surface area contributed by atoms with E-state index in [9.17, 15) is 18.0 Å². The summed E-state index contributed by atoms with van der Waals surface area (Å²) in [5.74, 6) is -4.37. The van der Waals surface area contributed by atoms with Crippen molar-refractivity contribution in [3.8, 4) is 0 Å². The topological polar surface area (TPSA) is 33.2 Å². The summed E-state index contributed by atoms with van der Waals surface area (Å²) in [5, 5.41) is 0. The second-order valence-electron chi connectivity index (χ2n) is 5.44. The van der Waals surface area contributed by atoms with E-state index >= 15 is 0 Å². The summed E-state index contributed by atoms with van der Waals surface area (Å²) in [6, 6.07) is 3.77. The molecular weight excluding hydrogens is 420 g/mol. The van der Waals surface area contributed by atoms with Crippen LogP contribution in [0.15, 0.2) is 30.6 Å². The number of carbonyl (C=O) groups is 1. The summed E-state index contributed by atoms with van der Waals surface area (Å²) in [6.45, 7) is 0.768. The second-order valence-corrected chi connectivity index (χ2v) is 6.60. The van der Waals surface area contributed by atoms with Gasteiger partial charge in [-0.05, 0) is 51.9 Å². The summed E-state index contributed by atoms with van der Waals surface area (Å²) >= 11 is 2.14. The molecule has 1 aliphatic rings. The number of carbonyl (C=O) groups excluding carboxylic acids is 1. The Bertz CT molecular complexity index is 746. The highest BCUT2D eigenvalue weighted by Gasteiger charge is 2.32. The number of benzene rings is 1. The van der Waals surface area contributed by atoms with Gasteiger partial charge in [-0.3, -0.25) is 9.78 Å². The molecule has 3 nitrogen and oxygen atoms in total. The highest BCUT2D eigenvalue weighted by molar-refractivity contribution is 14.1. The van der Waals surface area contributed by atoms with Gasteiger partial charge in [0.2, 0.25) is 5.91 Å². The third kappa shape index (κ3) is 3.34. The first-order chi connectivity index (χ1) is 11.0. The Hall–Kier alpha value is -1.64. The van der Waals surface area contributed by atoms with E-state index in [4.69, 9.17) is 0 Å². The Morgan fingerprint density at radius 2 is 1.96 bits per heavy atom. The zero-order valence-corrected chi connectivity index (χ0v) is 14.1. The number of halogens is 4. The lowest BCUT2D eigenvalue weighted by Crippen LogP contribution is -2.24. The molecule has 0 radical (unpaired) electrons. The monoisotopic (exact) mass is 432 g/mol. The van der Waals surface area contributed by atoms with E-state index in [0.29, 0.717) is 18.7 Å². The van der Waals surface area contributed by atoms with E-state index in [2.05, 4.69) is 27.6 Å². The summed E-state index contributed by atoms with van der Waals surface area (Å²) < 4.78 is 40.7. The van der Waals surface area contributed by atoms with Crippen molar-refractivity contribution in [2.24, 2.45) is 0 Å². The van der Waals surface area contributed by atoms with Crippen molar-refractivity contribution in [2.75, 3.05) is 6.54 Å². The molecule has 1 saturated heterocycles. The first kappa shape index (κ1) is 16.2. The van der Waals surface area contributed by atoms with Gasteiger partial charge in [-0.2, -0.15) is 0 Å². The number of amides is 1. The highest BCUT2D eigenvalue weighted by atomic mass is 127. The number of likely N-dealkylation sites (tertiary alicyclic amines) is 1. The fourth-order valence-corrected chi connectivity index (χ4v) is 3.21. The standard InChI is InChI=1S/C16H12F3IN2O/c17-12-3-10(4-13(18)16(12)19)11-5-15(23)22(8-11)7-9-1-2-21-6-14(9)20/h1-4,6,11H,5,7-8H2/t11-/m0/s1. The lowest BCUT2D eigenvalue weighted by atomic mass is 9.98. The molecule has 1 aliphatic heterocycles. The fourth-order valence-electron chi connectivity index (χ4n) is 2.70. The minimum absolute atomic E-state index is 0.0900. The molecule has 1 aromatic heterocycles. The largest absolute Gasteiger partial charge is 0.338 e. The Morgan fingerprint density at radius 3 is 2.61 bits per heavy atom. The Morgan fingerprint density at radius 1 is 1.26 bits per heavy atom. The third-order valence-corrected chi connectivity index (χ3v) is 4.88. The number of rotatable bonds is 3. The second kappa shape index (κ2) is 6.46. The number of hydrogen-bond acceptors (Lipinski definition) is 2. The Labute approximate surface area is 144 Å². The maximum Gasteiger partial charge on any atom is 0.223 e. The maximum atomic E-state index is 13.4. The number of nitrogens with zero attached hydrogens (tertiary/aromatic N) is 2. The predicted octanol–water partition coefficient (Wildman–Crippen LogP) is 3.62. The summed E-state index contributed by atoms with van der Waals surface area (Å²) in [7, 11) is 0. The van der Waals surface area contributed by atoms with Gasteiger partial charge < -0.3 is 4.90 Å². The molecule has 0 saturated carbocycles. The van der Waals surface area contributed by atoms with Gasteiger partial charge >= 0.3 is 0 Å². The molecule has 0 N–H and O–H groups in total.